The Bertz CT molecular complexity index is 179. The molecule has 0 aromatic rings. The van der Waals surface area contributed by atoms with E-state index in [2.05, 4.69) is 11.2 Å². The Morgan fingerprint density at radius 2 is 2.64 bits per heavy atom. The van der Waals surface area contributed by atoms with Crippen LogP contribution in [0.2, 0.25) is 0 Å². The minimum absolute atomic E-state index is 0.00444. The van der Waals surface area contributed by atoms with Crippen LogP contribution in [0.5, 0.6) is 0 Å². The van der Waals surface area contributed by atoms with Gasteiger partial charge in [0.15, 0.2) is 5.78 Å². The van der Waals surface area contributed by atoms with E-state index in [1.54, 1.807) is 11.8 Å². The molecule has 0 spiro atoms. The van der Waals surface area contributed by atoms with E-state index in [1.807, 2.05) is 0 Å². The molecule has 1 aliphatic rings. The minimum atomic E-state index is 0.00444. The highest BCUT2D eigenvalue weighted by Crippen LogP contribution is 2.08. The summed E-state index contributed by atoms with van der Waals surface area (Å²) in [6, 6.07) is 0.00444. The average molecular weight is 169 g/mol. The largest absolute Gasteiger partial charge is 0.306 e. The minimum Gasteiger partial charge on any atom is -0.306 e. The van der Waals surface area contributed by atoms with Crippen LogP contribution in [0.4, 0.5) is 0 Å². The second-order valence-corrected chi connectivity index (χ2v) is 3.58. The third kappa shape index (κ3) is 2.57. The first-order valence-corrected chi connectivity index (χ1v) is 4.77. The van der Waals surface area contributed by atoms with Crippen LogP contribution in [0.15, 0.2) is 0 Å². The molecule has 1 heterocycles. The molecular weight excluding hydrogens is 158 g/mol. The van der Waals surface area contributed by atoms with Gasteiger partial charge >= 0.3 is 0 Å². The van der Waals surface area contributed by atoms with Gasteiger partial charge in [0.2, 0.25) is 0 Å². The molecule has 0 aromatic heterocycles. The summed E-state index contributed by atoms with van der Waals surface area (Å²) < 4.78 is 0. The Kier molecular flexibility index (Phi) is 3.47. The van der Waals surface area contributed by atoms with Gasteiger partial charge in [0.1, 0.15) is 0 Å². The summed E-state index contributed by atoms with van der Waals surface area (Å²) in [5, 5.41) is 3.14. The maximum absolute atomic E-state index is 11.2. The van der Waals surface area contributed by atoms with Gasteiger partial charge in [0.05, 0.1) is 12.5 Å². The first-order valence-electron chi connectivity index (χ1n) is 3.62. The SMILES string of the molecule is C#CCC(=O)C1CSCCN1. The molecule has 0 aliphatic carbocycles. The first kappa shape index (κ1) is 8.63. The Morgan fingerprint density at radius 3 is 3.18 bits per heavy atom. The van der Waals surface area contributed by atoms with Gasteiger partial charge in [0.25, 0.3) is 0 Å². The molecule has 0 saturated carbocycles. The van der Waals surface area contributed by atoms with Crippen molar-refractivity contribution in [1.82, 2.24) is 5.32 Å². The van der Waals surface area contributed by atoms with Gasteiger partial charge in [-0.2, -0.15) is 11.8 Å². The molecule has 1 unspecified atom stereocenters. The third-order valence-corrected chi connectivity index (χ3v) is 2.65. The fourth-order valence-corrected chi connectivity index (χ4v) is 1.96. The average Bonchev–Trinajstić information content (AvgIpc) is 2.07. The van der Waals surface area contributed by atoms with Crippen LogP contribution < -0.4 is 5.32 Å². The number of rotatable bonds is 2. The van der Waals surface area contributed by atoms with Crippen molar-refractivity contribution in [2.45, 2.75) is 12.5 Å². The molecule has 0 aromatic carbocycles. The molecule has 0 radical (unpaired) electrons. The summed E-state index contributed by atoms with van der Waals surface area (Å²) in [7, 11) is 0. The first-order chi connectivity index (χ1) is 5.34. The van der Waals surface area contributed by atoms with Crippen LogP contribution in [0.3, 0.4) is 0 Å². The number of ketones is 1. The van der Waals surface area contributed by atoms with Gasteiger partial charge in [-0.05, 0) is 0 Å². The lowest BCUT2D eigenvalue weighted by atomic mass is 10.1. The van der Waals surface area contributed by atoms with Crippen LogP contribution in [-0.4, -0.2) is 29.9 Å². The molecule has 1 atom stereocenters. The van der Waals surface area contributed by atoms with Crippen molar-refractivity contribution in [3.8, 4) is 12.3 Å². The van der Waals surface area contributed by atoms with Crippen LogP contribution in [0.25, 0.3) is 0 Å². The van der Waals surface area contributed by atoms with E-state index in [0.717, 1.165) is 18.1 Å². The molecule has 0 amide bonds. The van der Waals surface area contributed by atoms with E-state index < -0.39 is 0 Å². The fraction of sp³-hybridized carbons (Fsp3) is 0.625. The predicted octanol–water partition coefficient (Wildman–Crippen LogP) is 0.284. The van der Waals surface area contributed by atoms with Gasteiger partial charge in [-0.3, -0.25) is 4.79 Å². The van der Waals surface area contributed by atoms with Crippen molar-refractivity contribution >= 4 is 17.5 Å². The van der Waals surface area contributed by atoms with Crippen LogP contribution >= 0.6 is 11.8 Å². The Labute approximate surface area is 71.1 Å². The van der Waals surface area contributed by atoms with E-state index in [0.29, 0.717) is 0 Å². The molecule has 0 bridgehead atoms. The number of carbonyl (C=O) groups is 1. The zero-order chi connectivity index (χ0) is 8.10. The molecule has 1 rings (SSSR count). The number of thioether (sulfide) groups is 1. The maximum Gasteiger partial charge on any atom is 0.162 e. The van der Waals surface area contributed by atoms with Crippen molar-refractivity contribution < 1.29 is 4.79 Å². The summed E-state index contributed by atoms with van der Waals surface area (Å²) in [4.78, 5) is 11.2. The Hall–Kier alpha value is -0.460. The lowest BCUT2D eigenvalue weighted by Crippen LogP contribution is -2.43. The Balaban J connectivity index is 2.34. The molecule has 60 valence electrons. The topological polar surface area (TPSA) is 29.1 Å². The van der Waals surface area contributed by atoms with Crippen LogP contribution in [0, 0.1) is 12.3 Å². The van der Waals surface area contributed by atoms with E-state index in [4.69, 9.17) is 6.42 Å². The van der Waals surface area contributed by atoms with Gasteiger partial charge in [-0.15, -0.1) is 6.42 Å². The van der Waals surface area contributed by atoms with E-state index >= 15 is 0 Å². The molecule has 3 heteroatoms. The summed E-state index contributed by atoms with van der Waals surface area (Å²) in [5.74, 6) is 4.49. The summed E-state index contributed by atoms with van der Waals surface area (Å²) in [6.07, 6.45) is 5.29. The van der Waals surface area contributed by atoms with Crippen LogP contribution in [-0.2, 0) is 4.79 Å². The highest BCUT2D eigenvalue weighted by Gasteiger charge is 2.19. The van der Waals surface area contributed by atoms with Gasteiger partial charge in [-0.1, -0.05) is 5.92 Å². The normalized spacial score (nSPS) is 24.1. The smallest absolute Gasteiger partial charge is 0.162 e. The number of carbonyl (C=O) groups excluding carboxylic acids is 1. The van der Waals surface area contributed by atoms with E-state index in [-0.39, 0.29) is 18.2 Å². The molecule has 1 aliphatic heterocycles. The summed E-state index contributed by atoms with van der Waals surface area (Å²) in [5.41, 5.74) is 0. The third-order valence-electron chi connectivity index (χ3n) is 1.59. The summed E-state index contributed by atoms with van der Waals surface area (Å²) in [6.45, 7) is 0.922. The summed E-state index contributed by atoms with van der Waals surface area (Å²) >= 11 is 1.81. The standard InChI is InChI=1S/C8H11NOS/c1-2-3-8(10)7-6-11-5-4-9-7/h1,7,9H,3-6H2. The van der Waals surface area contributed by atoms with Gasteiger partial charge in [0, 0.05) is 18.1 Å². The van der Waals surface area contributed by atoms with Crippen molar-refractivity contribution in [1.29, 1.82) is 0 Å². The molecule has 1 N–H and O–H groups in total. The van der Waals surface area contributed by atoms with Crippen LogP contribution in [0.1, 0.15) is 6.42 Å². The predicted molar refractivity (Wildman–Crippen MR) is 47.6 cm³/mol. The van der Waals surface area contributed by atoms with Crippen molar-refractivity contribution in [3.63, 3.8) is 0 Å². The quantitative estimate of drug-likeness (QED) is 0.602. The highest BCUT2D eigenvalue weighted by molar-refractivity contribution is 7.99. The number of hydrogen-bond donors (Lipinski definition) is 1. The Morgan fingerprint density at radius 1 is 1.82 bits per heavy atom. The van der Waals surface area contributed by atoms with E-state index in [1.165, 1.54) is 0 Å². The molecule has 1 saturated heterocycles. The molecule has 1 fully saturated rings. The zero-order valence-corrected chi connectivity index (χ0v) is 7.12. The maximum atomic E-state index is 11.2. The second-order valence-electron chi connectivity index (χ2n) is 2.43. The number of nitrogens with one attached hydrogen (secondary N) is 1. The van der Waals surface area contributed by atoms with Gasteiger partial charge < -0.3 is 5.32 Å². The molecule has 11 heavy (non-hydrogen) atoms. The number of Topliss-reactive ketones (excluding diaryl/α,β-unsaturated/α-hetero) is 1. The lowest BCUT2D eigenvalue weighted by Gasteiger charge is -2.20. The number of terminal acetylenes is 1. The van der Waals surface area contributed by atoms with Crippen molar-refractivity contribution in [3.05, 3.63) is 0 Å². The monoisotopic (exact) mass is 169 g/mol. The second kappa shape index (κ2) is 4.42. The van der Waals surface area contributed by atoms with Crippen molar-refractivity contribution in [2.24, 2.45) is 0 Å². The molecular formula is C8H11NOS. The lowest BCUT2D eigenvalue weighted by molar-refractivity contribution is -0.119. The fourth-order valence-electron chi connectivity index (χ4n) is 0.996. The highest BCUT2D eigenvalue weighted by atomic mass is 32.2. The van der Waals surface area contributed by atoms with E-state index in [9.17, 15) is 4.79 Å². The number of hydrogen-bond acceptors (Lipinski definition) is 3. The zero-order valence-electron chi connectivity index (χ0n) is 6.30. The molecule has 2 nitrogen and oxygen atoms in total. The van der Waals surface area contributed by atoms with Crippen molar-refractivity contribution in [2.75, 3.05) is 18.1 Å². The van der Waals surface area contributed by atoms with Gasteiger partial charge in [-0.25, -0.2) is 0 Å².